The number of hydrogen-bond acceptors (Lipinski definition) is 4. The van der Waals surface area contributed by atoms with Crippen molar-refractivity contribution in [1.29, 1.82) is 0 Å². The van der Waals surface area contributed by atoms with Crippen LogP contribution in [-0.4, -0.2) is 35.1 Å². The van der Waals surface area contributed by atoms with Crippen LogP contribution in [0.25, 0.3) is 10.8 Å². The number of aromatic nitrogens is 1. The molecule has 0 aliphatic heterocycles. The number of nitrogens with two attached hydrogens (primary N) is 1. The van der Waals surface area contributed by atoms with E-state index in [1.54, 1.807) is 6.20 Å². The van der Waals surface area contributed by atoms with E-state index >= 15 is 0 Å². The average molecular weight is 286 g/mol. The van der Waals surface area contributed by atoms with E-state index in [-0.39, 0.29) is 0 Å². The first-order valence-corrected chi connectivity index (χ1v) is 7.62. The summed E-state index contributed by atoms with van der Waals surface area (Å²) in [6.45, 7) is 10.8. The Morgan fingerprint density at radius 1 is 1.14 bits per heavy atom. The Hall–Kier alpha value is -1.81. The van der Waals surface area contributed by atoms with Crippen molar-refractivity contribution < 1.29 is 0 Å². The first-order chi connectivity index (χ1) is 10.0. The molecular formula is C17H26N4. The van der Waals surface area contributed by atoms with Gasteiger partial charge in [0.15, 0.2) is 0 Å². The third-order valence-corrected chi connectivity index (χ3v) is 3.87. The van der Waals surface area contributed by atoms with Crippen molar-refractivity contribution in [3.8, 4) is 0 Å². The maximum absolute atomic E-state index is 6.25. The molecule has 0 amide bonds. The summed E-state index contributed by atoms with van der Waals surface area (Å²) in [5.74, 6) is 0. The summed E-state index contributed by atoms with van der Waals surface area (Å²) in [6.07, 6.45) is 3.62. The fourth-order valence-electron chi connectivity index (χ4n) is 2.78. The van der Waals surface area contributed by atoms with Crippen molar-refractivity contribution in [2.45, 2.75) is 39.8 Å². The minimum Gasteiger partial charge on any atom is -0.397 e. The Balaban J connectivity index is 2.05. The monoisotopic (exact) mass is 286 g/mol. The number of nitrogen functional groups attached to an aromatic ring is 1. The molecule has 0 aliphatic rings. The second-order valence-electron chi connectivity index (χ2n) is 5.98. The number of anilines is 2. The summed E-state index contributed by atoms with van der Waals surface area (Å²) in [5.41, 5.74) is 8.05. The van der Waals surface area contributed by atoms with E-state index in [2.05, 4.69) is 49.0 Å². The summed E-state index contributed by atoms with van der Waals surface area (Å²) in [5, 5.41) is 5.59. The van der Waals surface area contributed by atoms with Gasteiger partial charge in [-0.05, 0) is 39.8 Å². The van der Waals surface area contributed by atoms with E-state index in [1.165, 1.54) is 0 Å². The highest BCUT2D eigenvalue weighted by Gasteiger charge is 2.12. The molecule has 0 fully saturated rings. The number of nitrogens with one attached hydrogen (secondary N) is 1. The Morgan fingerprint density at radius 2 is 1.86 bits per heavy atom. The largest absolute Gasteiger partial charge is 0.397 e. The maximum Gasteiger partial charge on any atom is 0.0630 e. The normalized spacial score (nSPS) is 11.8. The second-order valence-corrected chi connectivity index (χ2v) is 5.98. The molecule has 114 valence electrons. The number of benzene rings is 1. The maximum atomic E-state index is 6.25. The molecule has 0 saturated carbocycles. The second kappa shape index (κ2) is 6.76. The molecule has 4 heteroatoms. The van der Waals surface area contributed by atoms with Crippen LogP contribution in [-0.2, 0) is 0 Å². The van der Waals surface area contributed by atoms with E-state index in [0.717, 1.165) is 35.2 Å². The Kier molecular flexibility index (Phi) is 5.02. The van der Waals surface area contributed by atoms with Gasteiger partial charge < -0.3 is 11.1 Å². The van der Waals surface area contributed by atoms with Gasteiger partial charge in [-0.25, -0.2) is 0 Å². The zero-order valence-electron chi connectivity index (χ0n) is 13.4. The fourth-order valence-corrected chi connectivity index (χ4v) is 2.78. The minimum absolute atomic E-state index is 0.548. The van der Waals surface area contributed by atoms with Gasteiger partial charge >= 0.3 is 0 Å². The summed E-state index contributed by atoms with van der Waals surface area (Å²) in [4.78, 5) is 6.59. The predicted octanol–water partition coefficient (Wildman–Crippen LogP) is 3.35. The summed E-state index contributed by atoms with van der Waals surface area (Å²) in [7, 11) is 0. The quantitative estimate of drug-likeness (QED) is 0.800. The molecule has 21 heavy (non-hydrogen) atoms. The molecule has 1 aromatic heterocycles. The van der Waals surface area contributed by atoms with Gasteiger partial charge in [-0.3, -0.25) is 9.88 Å². The molecule has 2 aromatic rings. The third-order valence-electron chi connectivity index (χ3n) is 3.87. The highest BCUT2D eigenvalue weighted by Crippen LogP contribution is 2.27. The zero-order chi connectivity index (χ0) is 15.4. The van der Waals surface area contributed by atoms with Crippen molar-refractivity contribution in [2.24, 2.45) is 0 Å². The Labute approximate surface area is 127 Å². The highest BCUT2D eigenvalue weighted by atomic mass is 15.2. The third kappa shape index (κ3) is 3.64. The van der Waals surface area contributed by atoms with Crippen LogP contribution in [0.3, 0.4) is 0 Å². The average Bonchev–Trinajstić information content (AvgIpc) is 2.45. The fraction of sp³-hybridized carbons (Fsp3) is 0.471. The molecule has 4 nitrogen and oxygen atoms in total. The van der Waals surface area contributed by atoms with Gasteiger partial charge in [0.1, 0.15) is 0 Å². The van der Waals surface area contributed by atoms with Gasteiger partial charge in [-0.2, -0.15) is 0 Å². The summed E-state index contributed by atoms with van der Waals surface area (Å²) >= 11 is 0. The number of fused-ring (bicyclic) bond motifs is 1. The number of pyridine rings is 1. The molecule has 0 unspecified atom stereocenters. The van der Waals surface area contributed by atoms with Crippen LogP contribution in [0.15, 0.2) is 30.6 Å². The molecule has 0 saturated heterocycles. The van der Waals surface area contributed by atoms with Crippen LogP contribution in [0.2, 0.25) is 0 Å². The van der Waals surface area contributed by atoms with Gasteiger partial charge in [-0.1, -0.05) is 6.07 Å². The lowest BCUT2D eigenvalue weighted by atomic mass is 10.1. The van der Waals surface area contributed by atoms with E-state index in [9.17, 15) is 0 Å². The van der Waals surface area contributed by atoms with E-state index in [1.807, 2.05) is 18.3 Å². The van der Waals surface area contributed by atoms with Crippen molar-refractivity contribution >= 4 is 22.1 Å². The van der Waals surface area contributed by atoms with Gasteiger partial charge in [0.2, 0.25) is 0 Å². The zero-order valence-corrected chi connectivity index (χ0v) is 13.4. The Bertz CT molecular complexity index is 584. The van der Waals surface area contributed by atoms with Crippen LogP contribution >= 0.6 is 0 Å². The van der Waals surface area contributed by atoms with Gasteiger partial charge in [0.25, 0.3) is 0 Å². The van der Waals surface area contributed by atoms with Gasteiger partial charge in [0, 0.05) is 48.3 Å². The molecule has 2 rings (SSSR count). The van der Waals surface area contributed by atoms with E-state index in [4.69, 9.17) is 5.73 Å². The lowest BCUT2D eigenvalue weighted by Crippen LogP contribution is -2.40. The molecule has 0 radical (unpaired) electrons. The first-order valence-electron chi connectivity index (χ1n) is 7.62. The van der Waals surface area contributed by atoms with Crippen molar-refractivity contribution in [3.05, 3.63) is 30.6 Å². The lowest BCUT2D eigenvalue weighted by Gasteiger charge is -2.30. The smallest absolute Gasteiger partial charge is 0.0630 e. The number of hydrogen-bond donors (Lipinski definition) is 2. The molecule has 0 atom stereocenters. The molecule has 0 aliphatic carbocycles. The predicted molar refractivity (Wildman–Crippen MR) is 91.6 cm³/mol. The van der Waals surface area contributed by atoms with Crippen LogP contribution in [0, 0.1) is 0 Å². The van der Waals surface area contributed by atoms with E-state index < -0.39 is 0 Å². The number of nitrogens with zero attached hydrogens (tertiary/aromatic N) is 2. The van der Waals surface area contributed by atoms with Crippen molar-refractivity contribution in [1.82, 2.24) is 9.88 Å². The molecule has 0 bridgehead atoms. The molecule has 1 aromatic carbocycles. The Morgan fingerprint density at radius 3 is 2.52 bits per heavy atom. The number of rotatable bonds is 6. The topological polar surface area (TPSA) is 54.2 Å². The van der Waals surface area contributed by atoms with Crippen LogP contribution in [0.4, 0.5) is 11.4 Å². The first kappa shape index (κ1) is 15.6. The van der Waals surface area contributed by atoms with Crippen molar-refractivity contribution in [3.63, 3.8) is 0 Å². The van der Waals surface area contributed by atoms with Gasteiger partial charge in [0.05, 0.1) is 11.4 Å². The lowest BCUT2D eigenvalue weighted by molar-refractivity contribution is 0.182. The van der Waals surface area contributed by atoms with E-state index in [0.29, 0.717) is 12.1 Å². The van der Waals surface area contributed by atoms with Crippen LogP contribution < -0.4 is 11.1 Å². The standard InChI is InChI=1S/C17H26N4/c1-12(2)21(13(3)4)10-9-20-16-6-5-14-11-19-8-7-15(14)17(16)18/h5-8,11-13,20H,9-10,18H2,1-4H3. The summed E-state index contributed by atoms with van der Waals surface area (Å²) < 4.78 is 0. The highest BCUT2D eigenvalue weighted by molar-refractivity contribution is 5.98. The van der Waals surface area contributed by atoms with Gasteiger partial charge in [-0.15, -0.1) is 0 Å². The van der Waals surface area contributed by atoms with Crippen LogP contribution in [0.1, 0.15) is 27.7 Å². The SMILES string of the molecule is CC(C)N(CCNc1ccc2cnccc2c1N)C(C)C. The molecular weight excluding hydrogens is 260 g/mol. The molecule has 3 N–H and O–H groups in total. The van der Waals surface area contributed by atoms with Crippen LogP contribution in [0.5, 0.6) is 0 Å². The van der Waals surface area contributed by atoms with Crippen molar-refractivity contribution in [2.75, 3.05) is 24.1 Å². The molecule has 0 spiro atoms. The minimum atomic E-state index is 0.548. The summed E-state index contributed by atoms with van der Waals surface area (Å²) in [6, 6.07) is 7.15. The molecule has 1 heterocycles.